The Morgan fingerprint density at radius 3 is 2.85 bits per heavy atom. The van der Waals surface area contributed by atoms with E-state index >= 15 is 0 Å². The molecule has 0 saturated carbocycles. The average Bonchev–Trinajstić information content (AvgIpc) is 2.85. The normalized spacial score (nSPS) is 18.0. The first-order valence-electron chi connectivity index (χ1n) is 7.71. The van der Waals surface area contributed by atoms with E-state index in [2.05, 4.69) is 31.1 Å². The van der Waals surface area contributed by atoms with E-state index in [-0.39, 0.29) is 0 Å². The summed E-state index contributed by atoms with van der Waals surface area (Å²) >= 11 is 0. The van der Waals surface area contributed by atoms with E-state index < -0.39 is 0 Å². The lowest BCUT2D eigenvalue weighted by molar-refractivity contribution is -0.00517. The summed E-state index contributed by atoms with van der Waals surface area (Å²) in [6.07, 6.45) is 4.39. The number of piperidine rings is 1. The number of hydrogen-bond acceptors (Lipinski definition) is 4. The molecule has 1 aliphatic rings. The maximum Gasteiger partial charge on any atom is 0.133 e. The second-order valence-electron chi connectivity index (χ2n) is 6.21. The molecule has 4 heteroatoms. The van der Waals surface area contributed by atoms with Gasteiger partial charge in [0.05, 0.1) is 12.4 Å². The molecule has 0 unspecified atom stereocenters. The summed E-state index contributed by atoms with van der Waals surface area (Å²) in [5.41, 5.74) is 1.22. The van der Waals surface area contributed by atoms with Crippen molar-refractivity contribution in [3.8, 4) is 0 Å². The van der Waals surface area contributed by atoms with Gasteiger partial charge in [-0.15, -0.1) is 0 Å². The molecule has 2 heterocycles. The molecule has 0 aliphatic carbocycles. The van der Waals surface area contributed by atoms with Crippen LogP contribution in [0.5, 0.6) is 0 Å². The van der Waals surface area contributed by atoms with Crippen molar-refractivity contribution in [3.05, 3.63) is 23.7 Å². The first-order valence-corrected chi connectivity index (χ1v) is 7.71. The van der Waals surface area contributed by atoms with Crippen LogP contribution in [0.4, 0.5) is 0 Å². The molecule has 0 atom stereocenters. The van der Waals surface area contributed by atoms with Crippen molar-refractivity contribution >= 4 is 0 Å². The molecule has 2 rings (SSSR count). The van der Waals surface area contributed by atoms with Gasteiger partial charge in [0.1, 0.15) is 12.4 Å². The molecule has 1 saturated heterocycles. The van der Waals surface area contributed by atoms with Crippen molar-refractivity contribution in [1.82, 2.24) is 10.2 Å². The Balaban J connectivity index is 1.74. The van der Waals surface area contributed by atoms with Gasteiger partial charge in [-0.1, -0.05) is 13.8 Å². The maximum absolute atomic E-state index is 6.00. The summed E-state index contributed by atoms with van der Waals surface area (Å²) in [5.74, 6) is 1.64. The number of nitrogens with one attached hydrogen (secondary N) is 1. The van der Waals surface area contributed by atoms with E-state index in [1.165, 1.54) is 5.56 Å². The highest BCUT2D eigenvalue weighted by molar-refractivity contribution is 5.16. The molecule has 0 aromatic carbocycles. The van der Waals surface area contributed by atoms with Gasteiger partial charge in [0.25, 0.3) is 0 Å². The van der Waals surface area contributed by atoms with Crippen LogP contribution in [0.3, 0.4) is 0 Å². The molecule has 114 valence electrons. The zero-order valence-corrected chi connectivity index (χ0v) is 13.0. The lowest BCUT2D eigenvalue weighted by Crippen LogP contribution is -2.34. The van der Waals surface area contributed by atoms with Crippen LogP contribution in [-0.4, -0.2) is 37.7 Å². The topological polar surface area (TPSA) is 37.6 Å². The fraction of sp³-hybridized carbons (Fsp3) is 0.750. The van der Waals surface area contributed by atoms with Crippen molar-refractivity contribution < 1.29 is 9.15 Å². The van der Waals surface area contributed by atoms with Crippen LogP contribution in [0.15, 0.2) is 16.7 Å². The predicted molar refractivity (Wildman–Crippen MR) is 80.6 cm³/mol. The largest absolute Gasteiger partial charge is 0.467 e. The van der Waals surface area contributed by atoms with Gasteiger partial charge in [-0.05, 0) is 38.4 Å². The number of nitrogens with zero attached hydrogens (tertiary/aromatic N) is 1. The van der Waals surface area contributed by atoms with Crippen molar-refractivity contribution in [2.45, 2.75) is 45.9 Å². The summed E-state index contributed by atoms with van der Waals surface area (Å²) in [7, 11) is 2.17. The predicted octanol–water partition coefficient (Wildman–Crippen LogP) is 2.64. The minimum Gasteiger partial charge on any atom is -0.467 e. The smallest absolute Gasteiger partial charge is 0.133 e. The van der Waals surface area contributed by atoms with E-state index in [0.29, 0.717) is 18.6 Å². The fourth-order valence-electron chi connectivity index (χ4n) is 2.49. The Kier molecular flexibility index (Phi) is 6.07. The SMILES string of the molecule is CC(C)CNCc1ccoc1COC1CCN(C)CC1. The monoisotopic (exact) mass is 280 g/mol. The molecule has 0 radical (unpaired) electrons. The molecule has 0 amide bonds. The lowest BCUT2D eigenvalue weighted by Gasteiger charge is -2.28. The summed E-state index contributed by atoms with van der Waals surface area (Å²) in [4.78, 5) is 2.36. The zero-order chi connectivity index (χ0) is 14.4. The Hall–Kier alpha value is -0.840. The molecule has 1 aromatic rings. The number of rotatable bonds is 7. The third-order valence-corrected chi connectivity index (χ3v) is 3.82. The summed E-state index contributed by atoms with van der Waals surface area (Å²) in [6, 6.07) is 2.04. The molecular formula is C16H28N2O2. The number of likely N-dealkylation sites (tertiary alicyclic amines) is 1. The first kappa shape index (κ1) is 15.5. The Bertz CT molecular complexity index is 382. The second-order valence-corrected chi connectivity index (χ2v) is 6.21. The minimum absolute atomic E-state index is 0.382. The van der Waals surface area contributed by atoms with Gasteiger partial charge < -0.3 is 19.4 Å². The molecule has 1 aromatic heterocycles. The van der Waals surface area contributed by atoms with Crippen molar-refractivity contribution in [2.24, 2.45) is 5.92 Å². The van der Waals surface area contributed by atoms with E-state index in [0.717, 1.165) is 44.8 Å². The second kappa shape index (κ2) is 7.81. The molecule has 0 spiro atoms. The van der Waals surface area contributed by atoms with Crippen LogP contribution in [0.1, 0.15) is 38.0 Å². The van der Waals surface area contributed by atoms with Crippen LogP contribution in [0, 0.1) is 5.92 Å². The van der Waals surface area contributed by atoms with Gasteiger partial charge in [0.15, 0.2) is 0 Å². The molecule has 20 heavy (non-hydrogen) atoms. The van der Waals surface area contributed by atoms with Gasteiger partial charge >= 0.3 is 0 Å². The maximum atomic E-state index is 6.00. The highest BCUT2D eigenvalue weighted by Crippen LogP contribution is 2.17. The van der Waals surface area contributed by atoms with Gasteiger partial charge in [-0.3, -0.25) is 0 Å². The van der Waals surface area contributed by atoms with Crippen LogP contribution in [0.25, 0.3) is 0 Å². The number of ether oxygens (including phenoxy) is 1. The zero-order valence-electron chi connectivity index (χ0n) is 13.0. The van der Waals surface area contributed by atoms with Crippen molar-refractivity contribution in [2.75, 3.05) is 26.7 Å². The van der Waals surface area contributed by atoms with Gasteiger partial charge in [-0.25, -0.2) is 0 Å². The van der Waals surface area contributed by atoms with Gasteiger partial charge in [0, 0.05) is 25.2 Å². The minimum atomic E-state index is 0.382. The standard InChI is InChI=1S/C16H28N2O2/c1-13(2)10-17-11-14-6-9-19-16(14)12-20-15-4-7-18(3)8-5-15/h6,9,13,15,17H,4-5,7-8,10-12H2,1-3H3. The van der Waals surface area contributed by atoms with E-state index in [1.54, 1.807) is 6.26 Å². The quantitative estimate of drug-likeness (QED) is 0.833. The molecule has 1 aliphatic heterocycles. The third-order valence-electron chi connectivity index (χ3n) is 3.82. The van der Waals surface area contributed by atoms with E-state index in [4.69, 9.17) is 9.15 Å². The van der Waals surface area contributed by atoms with Crippen molar-refractivity contribution in [1.29, 1.82) is 0 Å². The lowest BCUT2D eigenvalue weighted by atomic mass is 10.1. The van der Waals surface area contributed by atoms with Gasteiger partial charge in [-0.2, -0.15) is 0 Å². The number of hydrogen-bond donors (Lipinski definition) is 1. The van der Waals surface area contributed by atoms with E-state index in [1.807, 2.05) is 6.07 Å². The average molecular weight is 280 g/mol. The molecule has 0 bridgehead atoms. The Labute approximate surface area is 122 Å². The van der Waals surface area contributed by atoms with Crippen LogP contribution in [-0.2, 0) is 17.9 Å². The third kappa shape index (κ3) is 4.93. The van der Waals surface area contributed by atoms with Crippen molar-refractivity contribution in [3.63, 3.8) is 0 Å². The summed E-state index contributed by atoms with van der Waals surface area (Å²) in [6.45, 7) is 9.18. The molecular weight excluding hydrogens is 252 g/mol. The molecule has 1 N–H and O–H groups in total. The van der Waals surface area contributed by atoms with Crippen LogP contribution >= 0.6 is 0 Å². The highest BCUT2D eigenvalue weighted by Gasteiger charge is 2.18. The Morgan fingerprint density at radius 2 is 2.15 bits per heavy atom. The van der Waals surface area contributed by atoms with Crippen LogP contribution < -0.4 is 5.32 Å². The first-order chi connectivity index (χ1) is 9.65. The summed E-state index contributed by atoms with van der Waals surface area (Å²) in [5, 5.41) is 3.45. The summed E-state index contributed by atoms with van der Waals surface area (Å²) < 4.78 is 11.6. The van der Waals surface area contributed by atoms with E-state index in [9.17, 15) is 0 Å². The number of furan rings is 1. The fourth-order valence-corrected chi connectivity index (χ4v) is 2.49. The Morgan fingerprint density at radius 1 is 1.40 bits per heavy atom. The highest BCUT2D eigenvalue weighted by atomic mass is 16.5. The molecule has 4 nitrogen and oxygen atoms in total. The van der Waals surface area contributed by atoms with Crippen LogP contribution in [0.2, 0.25) is 0 Å². The van der Waals surface area contributed by atoms with Gasteiger partial charge in [0.2, 0.25) is 0 Å². The molecule has 1 fully saturated rings.